The standard InChI is InChI=1S/C19H23NO3/c1-15(16-8-4-3-5-9-16)23-13-7-12-20-19(21)17-10-6-11-18(14-17)22-2/h3-6,8-11,14-15H,7,12-13H2,1-2H3,(H,20,21)/t15-/m0/s1. The molecule has 0 saturated heterocycles. The van der Waals surface area contributed by atoms with Gasteiger partial charge in [0.25, 0.3) is 5.91 Å². The van der Waals surface area contributed by atoms with Crippen molar-refractivity contribution in [3.8, 4) is 5.75 Å². The highest BCUT2D eigenvalue weighted by Crippen LogP contribution is 2.16. The zero-order valence-corrected chi connectivity index (χ0v) is 13.6. The number of nitrogens with one attached hydrogen (secondary N) is 1. The van der Waals surface area contributed by atoms with Crippen molar-refractivity contribution in [2.75, 3.05) is 20.3 Å². The molecule has 0 heterocycles. The lowest BCUT2D eigenvalue weighted by Crippen LogP contribution is -2.25. The fourth-order valence-corrected chi connectivity index (χ4v) is 2.22. The van der Waals surface area contributed by atoms with Crippen LogP contribution in [0.2, 0.25) is 0 Å². The number of hydrogen-bond acceptors (Lipinski definition) is 3. The van der Waals surface area contributed by atoms with Crippen molar-refractivity contribution in [1.82, 2.24) is 5.32 Å². The molecule has 4 heteroatoms. The van der Waals surface area contributed by atoms with Crippen molar-refractivity contribution in [1.29, 1.82) is 0 Å². The molecule has 0 fully saturated rings. The zero-order valence-electron chi connectivity index (χ0n) is 13.6. The molecular weight excluding hydrogens is 290 g/mol. The minimum Gasteiger partial charge on any atom is -0.497 e. The third-order valence-corrected chi connectivity index (χ3v) is 3.58. The van der Waals surface area contributed by atoms with Gasteiger partial charge in [-0.2, -0.15) is 0 Å². The maximum absolute atomic E-state index is 12.0. The second kappa shape index (κ2) is 8.96. The highest BCUT2D eigenvalue weighted by Gasteiger charge is 2.07. The number of carbonyl (C=O) groups excluding carboxylic acids is 1. The number of carbonyl (C=O) groups is 1. The molecule has 1 amide bonds. The van der Waals surface area contributed by atoms with Crippen molar-refractivity contribution >= 4 is 5.91 Å². The van der Waals surface area contributed by atoms with Gasteiger partial charge < -0.3 is 14.8 Å². The molecule has 0 radical (unpaired) electrons. The van der Waals surface area contributed by atoms with Gasteiger partial charge in [0.15, 0.2) is 0 Å². The molecule has 122 valence electrons. The lowest BCUT2D eigenvalue weighted by atomic mass is 10.1. The van der Waals surface area contributed by atoms with Gasteiger partial charge in [-0.25, -0.2) is 0 Å². The van der Waals surface area contributed by atoms with Gasteiger partial charge in [0.05, 0.1) is 13.2 Å². The Bertz CT molecular complexity index is 613. The van der Waals surface area contributed by atoms with Crippen molar-refractivity contribution in [3.05, 3.63) is 65.7 Å². The third kappa shape index (κ3) is 5.42. The average molecular weight is 313 g/mol. The fourth-order valence-electron chi connectivity index (χ4n) is 2.22. The Kier molecular flexibility index (Phi) is 6.63. The van der Waals surface area contributed by atoms with Gasteiger partial charge >= 0.3 is 0 Å². The summed E-state index contributed by atoms with van der Waals surface area (Å²) < 4.78 is 10.9. The molecule has 2 rings (SSSR count). The molecule has 0 bridgehead atoms. The van der Waals surface area contributed by atoms with E-state index in [9.17, 15) is 4.79 Å². The molecule has 0 aliphatic heterocycles. The monoisotopic (exact) mass is 313 g/mol. The molecule has 2 aromatic carbocycles. The van der Waals surface area contributed by atoms with Crippen LogP contribution in [-0.4, -0.2) is 26.2 Å². The van der Waals surface area contributed by atoms with Gasteiger partial charge in [0.2, 0.25) is 0 Å². The second-order valence-corrected chi connectivity index (χ2v) is 5.27. The van der Waals surface area contributed by atoms with E-state index < -0.39 is 0 Å². The Balaban J connectivity index is 1.68. The number of ether oxygens (including phenoxy) is 2. The topological polar surface area (TPSA) is 47.6 Å². The van der Waals surface area contributed by atoms with Gasteiger partial charge in [-0.15, -0.1) is 0 Å². The van der Waals surface area contributed by atoms with E-state index in [0.717, 1.165) is 12.0 Å². The molecule has 0 saturated carbocycles. The predicted octanol–water partition coefficient (Wildman–Crippen LogP) is 3.59. The van der Waals surface area contributed by atoms with E-state index in [2.05, 4.69) is 17.4 Å². The quantitative estimate of drug-likeness (QED) is 0.758. The van der Waals surface area contributed by atoms with Crippen LogP contribution in [0, 0.1) is 0 Å². The molecule has 4 nitrogen and oxygen atoms in total. The molecule has 23 heavy (non-hydrogen) atoms. The van der Waals surface area contributed by atoms with Crippen LogP contribution in [0.4, 0.5) is 0 Å². The molecule has 0 aromatic heterocycles. The summed E-state index contributed by atoms with van der Waals surface area (Å²) in [4.78, 5) is 12.0. The van der Waals surface area contributed by atoms with Crippen LogP contribution in [0.25, 0.3) is 0 Å². The molecule has 0 spiro atoms. The minimum absolute atomic E-state index is 0.0605. The van der Waals surface area contributed by atoms with Crippen LogP contribution in [0.5, 0.6) is 5.75 Å². The molecule has 1 N–H and O–H groups in total. The van der Waals surface area contributed by atoms with Crippen LogP contribution in [0.3, 0.4) is 0 Å². The molecule has 0 aliphatic rings. The van der Waals surface area contributed by atoms with Crippen molar-refractivity contribution in [2.45, 2.75) is 19.4 Å². The van der Waals surface area contributed by atoms with Crippen molar-refractivity contribution in [2.24, 2.45) is 0 Å². The normalized spacial score (nSPS) is 11.7. The van der Waals surface area contributed by atoms with Gasteiger partial charge in [-0.1, -0.05) is 36.4 Å². The first-order chi connectivity index (χ1) is 11.2. The zero-order chi connectivity index (χ0) is 16.5. The van der Waals surface area contributed by atoms with Crippen molar-refractivity contribution in [3.63, 3.8) is 0 Å². The van der Waals surface area contributed by atoms with E-state index in [1.165, 1.54) is 0 Å². The van der Waals surface area contributed by atoms with E-state index in [4.69, 9.17) is 9.47 Å². The molecule has 0 unspecified atom stereocenters. The van der Waals surface area contributed by atoms with E-state index in [1.807, 2.05) is 31.2 Å². The van der Waals surface area contributed by atoms with Crippen LogP contribution in [-0.2, 0) is 4.74 Å². The van der Waals surface area contributed by atoms with Crippen LogP contribution in [0.1, 0.15) is 35.4 Å². The van der Waals surface area contributed by atoms with Crippen LogP contribution in [0.15, 0.2) is 54.6 Å². The summed E-state index contributed by atoms with van der Waals surface area (Å²) in [6, 6.07) is 17.2. The lowest BCUT2D eigenvalue weighted by molar-refractivity contribution is 0.0635. The summed E-state index contributed by atoms with van der Waals surface area (Å²) in [7, 11) is 1.59. The number of rotatable bonds is 8. The van der Waals surface area contributed by atoms with Crippen LogP contribution < -0.4 is 10.1 Å². The molecule has 2 aromatic rings. The first kappa shape index (κ1) is 17.0. The van der Waals surface area contributed by atoms with Gasteiger partial charge in [0.1, 0.15) is 5.75 Å². The molecular formula is C19H23NO3. The van der Waals surface area contributed by atoms with E-state index >= 15 is 0 Å². The summed E-state index contributed by atoms with van der Waals surface area (Å²) >= 11 is 0. The Labute approximate surface area is 137 Å². The summed E-state index contributed by atoms with van der Waals surface area (Å²) in [5.74, 6) is 0.581. The largest absolute Gasteiger partial charge is 0.497 e. The van der Waals surface area contributed by atoms with Gasteiger partial charge in [0, 0.05) is 18.7 Å². The Morgan fingerprint density at radius 3 is 2.65 bits per heavy atom. The summed E-state index contributed by atoms with van der Waals surface area (Å²) in [6.45, 7) is 3.22. The summed E-state index contributed by atoms with van der Waals surface area (Å²) in [6.07, 6.45) is 0.831. The maximum Gasteiger partial charge on any atom is 0.251 e. The Hall–Kier alpha value is -2.33. The first-order valence-electron chi connectivity index (χ1n) is 7.79. The minimum atomic E-state index is -0.0972. The van der Waals surface area contributed by atoms with Crippen LogP contribution >= 0.6 is 0 Å². The Morgan fingerprint density at radius 2 is 1.91 bits per heavy atom. The van der Waals surface area contributed by atoms with E-state index in [-0.39, 0.29) is 12.0 Å². The van der Waals surface area contributed by atoms with E-state index in [1.54, 1.807) is 25.3 Å². The van der Waals surface area contributed by atoms with Crippen molar-refractivity contribution < 1.29 is 14.3 Å². The average Bonchev–Trinajstić information content (AvgIpc) is 2.61. The third-order valence-electron chi connectivity index (χ3n) is 3.58. The lowest BCUT2D eigenvalue weighted by Gasteiger charge is -2.13. The van der Waals surface area contributed by atoms with Gasteiger partial charge in [-0.3, -0.25) is 4.79 Å². The van der Waals surface area contributed by atoms with Gasteiger partial charge in [-0.05, 0) is 37.1 Å². The maximum atomic E-state index is 12.0. The second-order valence-electron chi connectivity index (χ2n) is 5.27. The Morgan fingerprint density at radius 1 is 1.13 bits per heavy atom. The summed E-state index contributed by atoms with van der Waals surface area (Å²) in [5, 5.41) is 2.89. The smallest absolute Gasteiger partial charge is 0.251 e. The number of methoxy groups -OCH3 is 1. The number of hydrogen-bond donors (Lipinski definition) is 1. The molecule has 0 aliphatic carbocycles. The first-order valence-corrected chi connectivity index (χ1v) is 7.79. The highest BCUT2D eigenvalue weighted by molar-refractivity contribution is 5.94. The fraction of sp³-hybridized carbons (Fsp3) is 0.316. The summed E-state index contributed by atoms with van der Waals surface area (Å²) in [5.41, 5.74) is 1.76. The molecule has 1 atom stereocenters. The highest BCUT2D eigenvalue weighted by atomic mass is 16.5. The predicted molar refractivity (Wildman–Crippen MR) is 90.8 cm³/mol. The number of amides is 1. The van der Waals surface area contributed by atoms with E-state index in [0.29, 0.717) is 24.5 Å². The number of benzene rings is 2. The SMILES string of the molecule is COc1cccc(C(=O)NCCCO[C@@H](C)c2ccccc2)c1.